The summed E-state index contributed by atoms with van der Waals surface area (Å²) in [5.74, 6) is -2.39. The first-order valence-corrected chi connectivity index (χ1v) is 9.06. The summed E-state index contributed by atoms with van der Waals surface area (Å²) in [5, 5.41) is 0. The Kier molecular flexibility index (Phi) is 4.93. The van der Waals surface area contributed by atoms with Gasteiger partial charge in [-0.2, -0.15) is 0 Å². The third kappa shape index (κ3) is 3.18. The Morgan fingerprint density at radius 1 is 1.26 bits per heavy atom. The van der Waals surface area contributed by atoms with Gasteiger partial charge in [-0.3, -0.25) is 9.59 Å². The summed E-state index contributed by atoms with van der Waals surface area (Å²) < 4.78 is 22.7. The van der Waals surface area contributed by atoms with Gasteiger partial charge in [0, 0.05) is 44.8 Å². The van der Waals surface area contributed by atoms with Crippen LogP contribution in [-0.2, 0) is 33.3 Å². The van der Waals surface area contributed by atoms with E-state index in [0.717, 1.165) is 5.57 Å². The molecule has 7 heteroatoms. The molecule has 0 aromatic rings. The zero-order chi connectivity index (χ0) is 20.1. The lowest BCUT2D eigenvalue weighted by Gasteiger charge is -2.40. The quantitative estimate of drug-likeness (QED) is 0.321. The fraction of sp³-hybridized carbons (Fsp3) is 0.650. The van der Waals surface area contributed by atoms with E-state index >= 15 is 0 Å². The Hall–Kier alpha value is -2.15. The summed E-state index contributed by atoms with van der Waals surface area (Å²) in [6, 6.07) is 0. The molecular formula is C20H26O7. The number of fused-ring (bicyclic) bond motifs is 3. The maximum Gasteiger partial charge on any atom is 0.334 e. The molecule has 0 amide bonds. The van der Waals surface area contributed by atoms with Gasteiger partial charge in [0.15, 0.2) is 0 Å². The highest BCUT2D eigenvalue weighted by atomic mass is 16.6. The van der Waals surface area contributed by atoms with E-state index in [1.54, 1.807) is 7.11 Å². The van der Waals surface area contributed by atoms with Gasteiger partial charge in [0.1, 0.15) is 17.8 Å². The molecule has 0 unspecified atom stereocenters. The van der Waals surface area contributed by atoms with Crippen LogP contribution in [0.4, 0.5) is 0 Å². The van der Waals surface area contributed by atoms with Crippen LogP contribution >= 0.6 is 0 Å². The normalized spacial score (nSPS) is 40.4. The van der Waals surface area contributed by atoms with Crippen molar-refractivity contribution < 1.29 is 33.3 Å². The highest BCUT2D eigenvalue weighted by Crippen LogP contribution is 2.54. The van der Waals surface area contributed by atoms with E-state index in [9.17, 15) is 14.4 Å². The highest BCUT2D eigenvalue weighted by Gasteiger charge is 2.62. The molecule has 0 bridgehead atoms. The lowest BCUT2D eigenvalue weighted by atomic mass is 9.75. The molecule has 3 rings (SSSR count). The Labute approximate surface area is 158 Å². The molecule has 7 nitrogen and oxygen atoms in total. The number of esters is 3. The van der Waals surface area contributed by atoms with Crippen molar-refractivity contribution in [1.82, 2.24) is 0 Å². The van der Waals surface area contributed by atoms with Gasteiger partial charge < -0.3 is 18.9 Å². The van der Waals surface area contributed by atoms with E-state index in [2.05, 4.69) is 6.58 Å². The van der Waals surface area contributed by atoms with Crippen LogP contribution in [0.2, 0.25) is 0 Å². The molecule has 27 heavy (non-hydrogen) atoms. The predicted octanol–water partition coefficient (Wildman–Crippen LogP) is 1.95. The van der Waals surface area contributed by atoms with E-state index in [1.165, 1.54) is 13.8 Å². The van der Waals surface area contributed by atoms with Crippen molar-refractivity contribution >= 4 is 17.9 Å². The number of methoxy groups -OCH3 is 1. The summed E-state index contributed by atoms with van der Waals surface area (Å²) in [6.45, 7) is 10.3. The Morgan fingerprint density at radius 3 is 2.48 bits per heavy atom. The van der Waals surface area contributed by atoms with Crippen LogP contribution in [0.3, 0.4) is 0 Å². The maximum atomic E-state index is 12.3. The molecule has 1 saturated carbocycles. The summed E-state index contributed by atoms with van der Waals surface area (Å²) in [6.07, 6.45) is 0.656. The van der Waals surface area contributed by atoms with Gasteiger partial charge in [-0.25, -0.2) is 4.79 Å². The number of rotatable bonds is 3. The Morgan fingerprint density at radius 2 is 1.93 bits per heavy atom. The molecule has 7 atom stereocenters. The van der Waals surface area contributed by atoms with Crippen LogP contribution in [0.25, 0.3) is 0 Å². The molecule has 2 aliphatic carbocycles. The fourth-order valence-corrected chi connectivity index (χ4v) is 5.14. The topological polar surface area (TPSA) is 88.1 Å². The van der Waals surface area contributed by atoms with E-state index in [1.807, 2.05) is 19.9 Å². The third-order valence-electron chi connectivity index (χ3n) is 5.99. The van der Waals surface area contributed by atoms with Crippen molar-refractivity contribution in [2.24, 2.45) is 17.8 Å². The van der Waals surface area contributed by atoms with Crippen molar-refractivity contribution in [3.63, 3.8) is 0 Å². The lowest BCUT2D eigenvalue weighted by molar-refractivity contribution is -0.175. The molecule has 0 aromatic carbocycles. The first-order chi connectivity index (χ1) is 12.6. The zero-order valence-electron chi connectivity index (χ0n) is 16.3. The van der Waals surface area contributed by atoms with Gasteiger partial charge >= 0.3 is 17.9 Å². The molecule has 2 fully saturated rings. The molecule has 0 aromatic heterocycles. The van der Waals surface area contributed by atoms with Crippen LogP contribution in [0.1, 0.15) is 34.1 Å². The summed E-state index contributed by atoms with van der Waals surface area (Å²) in [5.41, 5.74) is 0.305. The average molecular weight is 378 g/mol. The number of hydrogen-bond donors (Lipinski definition) is 0. The SMILES string of the molecule is C=C1C(=O)O[C@@H]2[C@@H]3C(C)=C[C@H](OC)[C@@H]3[C@](C)(OC(C)=O)C[C@H](OC(C)=O)[C@@H]12. The van der Waals surface area contributed by atoms with Crippen molar-refractivity contribution in [2.45, 2.75) is 58.0 Å². The fourth-order valence-electron chi connectivity index (χ4n) is 5.14. The first kappa shape index (κ1) is 19.6. The summed E-state index contributed by atoms with van der Waals surface area (Å²) in [7, 11) is 1.59. The van der Waals surface area contributed by atoms with Crippen LogP contribution in [0, 0.1) is 17.8 Å². The third-order valence-corrected chi connectivity index (χ3v) is 5.99. The molecule has 3 aliphatic rings. The molecule has 0 N–H and O–H groups in total. The van der Waals surface area contributed by atoms with Crippen LogP contribution in [0.5, 0.6) is 0 Å². The second kappa shape index (κ2) is 6.78. The largest absolute Gasteiger partial charge is 0.462 e. The highest BCUT2D eigenvalue weighted by molar-refractivity contribution is 5.91. The minimum absolute atomic E-state index is 0.227. The number of hydrogen-bond acceptors (Lipinski definition) is 7. The van der Waals surface area contributed by atoms with Crippen molar-refractivity contribution in [3.05, 3.63) is 23.8 Å². The molecule has 1 heterocycles. The van der Waals surface area contributed by atoms with E-state index in [-0.39, 0.29) is 29.9 Å². The molecule has 148 valence electrons. The van der Waals surface area contributed by atoms with Crippen molar-refractivity contribution in [2.75, 3.05) is 7.11 Å². The van der Waals surface area contributed by atoms with Crippen molar-refractivity contribution in [1.29, 1.82) is 0 Å². The minimum atomic E-state index is -0.970. The van der Waals surface area contributed by atoms with Crippen LogP contribution in [-0.4, -0.2) is 48.9 Å². The maximum absolute atomic E-state index is 12.3. The number of carbonyl (C=O) groups is 3. The molecular weight excluding hydrogens is 352 g/mol. The van der Waals surface area contributed by atoms with Gasteiger partial charge in [-0.05, 0) is 13.8 Å². The standard InChI is InChI=1S/C20H26O7/c1-9-7-13(24-6)17-15(9)18-16(10(2)19(23)26-18)14(25-11(3)21)8-20(17,5)27-12(4)22/h7,13-18H,2,8H2,1,3-6H3/t13-,14-,15+,16+,17-,18+,20+/m0/s1. The minimum Gasteiger partial charge on any atom is -0.462 e. The second-order valence-corrected chi connectivity index (χ2v) is 7.84. The Bertz CT molecular complexity index is 724. The number of ether oxygens (including phenoxy) is 4. The lowest BCUT2D eigenvalue weighted by Crippen LogP contribution is -2.48. The van der Waals surface area contributed by atoms with Crippen LogP contribution in [0.15, 0.2) is 23.8 Å². The summed E-state index contributed by atoms with van der Waals surface area (Å²) >= 11 is 0. The molecule has 1 aliphatic heterocycles. The smallest absolute Gasteiger partial charge is 0.334 e. The van der Waals surface area contributed by atoms with Crippen molar-refractivity contribution in [3.8, 4) is 0 Å². The van der Waals surface area contributed by atoms with Gasteiger partial charge in [0.25, 0.3) is 0 Å². The monoisotopic (exact) mass is 378 g/mol. The van der Waals surface area contributed by atoms with E-state index < -0.39 is 41.6 Å². The second-order valence-electron chi connectivity index (χ2n) is 7.84. The first-order valence-electron chi connectivity index (χ1n) is 9.06. The average Bonchev–Trinajstić information content (AvgIpc) is 2.99. The van der Waals surface area contributed by atoms with Gasteiger partial charge in [0.05, 0.1) is 12.0 Å². The van der Waals surface area contributed by atoms with Gasteiger partial charge in [-0.15, -0.1) is 0 Å². The molecule has 1 saturated heterocycles. The van der Waals surface area contributed by atoms with Crippen LogP contribution < -0.4 is 0 Å². The van der Waals surface area contributed by atoms with E-state index in [4.69, 9.17) is 18.9 Å². The Balaban J connectivity index is 2.14. The predicted molar refractivity (Wildman–Crippen MR) is 94.4 cm³/mol. The summed E-state index contributed by atoms with van der Waals surface area (Å²) in [4.78, 5) is 35.9. The zero-order valence-corrected chi connectivity index (χ0v) is 16.3. The molecule has 0 spiro atoms. The molecule has 0 radical (unpaired) electrons. The van der Waals surface area contributed by atoms with E-state index in [0.29, 0.717) is 0 Å². The van der Waals surface area contributed by atoms with Gasteiger partial charge in [0.2, 0.25) is 0 Å². The van der Waals surface area contributed by atoms with Gasteiger partial charge in [-0.1, -0.05) is 18.2 Å². The number of carbonyl (C=O) groups excluding carboxylic acids is 3.